The normalized spacial score (nSPS) is 11.0. The molecule has 0 aliphatic rings. The predicted molar refractivity (Wildman–Crippen MR) is 118 cm³/mol. The first-order valence-electron chi connectivity index (χ1n) is 9.08. The van der Waals surface area contributed by atoms with Gasteiger partial charge in [0.1, 0.15) is 5.75 Å². The summed E-state index contributed by atoms with van der Waals surface area (Å²) in [4.78, 5) is 8.39. The molecule has 2 rings (SSSR count). The van der Waals surface area contributed by atoms with Crippen molar-refractivity contribution < 1.29 is 9.26 Å². The first kappa shape index (κ1) is 23.2. The Kier molecular flexibility index (Phi) is 10.8. The summed E-state index contributed by atoms with van der Waals surface area (Å²) in [5, 5.41) is 10.2. The molecule has 1 heterocycles. The lowest BCUT2D eigenvalue weighted by Gasteiger charge is -2.15. The van der Waals surface area contributed by atoms with Gasteiger partial charge in [-0.25, -0.2) is 0 Å². The third-order valence-corrected chi connectivity index (χ3v) is 3.87. The van der Waals surface area contributed by atoms with E-state index in [1.807, 2.05) is 0 Å². The number of hydrogen-bond acceptors (Lipinski definition) is 5. The van der Waals surface area contributed by atoms with Gasteiger partial charge in [-0.05, 0) is 31.9 Å². The van der Waals surface area contributed by atoms with Crippen LogP contribution in [-0.2, 0) is 13.1 Å². The highest BCUT2D eigenvalue weighted by molar-refractivity contribution is 14.0. The van der Waals surface area contributed by atoms with Gasteiger partial charge in [0.2, 0.25) is 5.89 Å². The van der Waals surface area contributed by atoms with Crippen LogP contribution in [0.3, 0.4) is 0 Å². The van der Waals surface area contributed by atoms with E-state index in [0.29, 0.717) is 30.8 Å². The van der Waals surface area contributed by atoms with Crippen molar-refractivity contribution in [3.8, 4) is 5.75 Å². The Balaban J connectivity index is 0.00000364. The second-order valence-electron chi connectivity index (χ2n) is 6.18. The van der Waals surface area contributed by atoms with Gasteiger partial charge in [-0.1, -0.05) is 37.1 Å². The highest BCUT2D eigenvalue weighted by Gasteiger charge is 2.07. The van der Waals surface area contributed by atoms with Gasteiger partial charge in [0.05, 0.1) is 13.2 Å². The number of guanidine groups is 1. The molecule has 150 valence electrons. The summed E-state index contributed by atoms with van der Waals surface area (Å²) in [5.74, 6) is 2.74. The van der Waals surface area contributed by atoms with Gasteiger partial charge in [0.25, 0.3) is 0 Å². The number of halogens is 1. The maximum atomic E-state index is 5.98. The second-order valence-corrected chi connectivity index (χ2v) is 6.18. The Morgan fingerprint density at radius 3 is 2.63 bits per heavy atom. The van der Waals surface area contributed by atoms with Crippen molar-refractivity contribution in [3.63, 3.8) is 0 Å². The molecule has 0 unspecified atom stereocenters. The first-order valence-corrected chi connectivity index (χ1v) is 9.08. The van der Waals surface area contributed by atoms with Crippen LogP contribution in [0.5, 0.6) is 5.75 Å². The summed E-state index contributed by atoms with van der Waals surface area (Å²) < 4.78 is 11.1. The molecule has 0 saturated heterocycles. The zero-order valence-corrected chi connectivity index (χ0v) is 18.9. The fraction of sp³-hybridized carbons (Fsp3) is 0.526. The van der Waals surface area contributed by atoms with Crippen LogP contribution in [0.4, 0.5) is 0 Å². The van der Waals surface area contributed by atoms with Crippen LogP contribution >= 0.6 is 24.0 Å². The summed E-state index contributed by atoms with van der Waals surface area (Å²) in [6.07, 6.45) is 3.45. The lowest BCUT2D eigenvalue weighted by atomic mass is 10.1. The molecule has 2 N–H and O–H groups in total. The minimum absolute atomic E-state index is 0. The highest BCUT2D eigenvalue weighted by atomic mass is 127. The van der Waals surface area contributed by atoms with E-state index in [1.54, 1.807) is 14.0 Å². The summed E-state index contributed by atoms with van der Waals surface area (Å²) in [6, 6.07) is 6.26. The largest absolute Gasteiger partial charge is 0.493 e. The zero-order chi connectivity index (χ0) is 18.8. The van der Waals surface area contributed by atoms with Gasteiger partial charge < -0.3 is 19.9 Å². The Morgan fingerprint density at radius 1 is 1.19 bits per heavy atom. The number of unbranched alkanes of at least 4 members (excludes halogenated alkanes) is 2. The van der Waals surface area contributed by atoms with Gasteiger partial charge in [0, 0.05) is 19.2 Å². The molecule has 2 aromatic rings. The Hall–Kier alpha value is -1.84. The van der Waals surface area contributed by atoms with Crippen LogP contribution in [0.15, 0.2) is 27.7 Å². The topological polar surface area (TPSA) is 84.6 Å². The Bertz CT molecular complexity index is 718. The van der Waals surface area contributed by atoms with Gasteiger partial charge >= 0.3 is 0 Å². The first-order chi connectivity index (χ1) is 12.6. The lowest BCUT2D eigenvalue weighted by Crippen LogP contribution is -2.36. The monoisotopic (exact) mass is 487 g/mol. The molecule has 0 fully saturated rings. The second kappa shape index (κ2) is 12.5. The van der Waals surface area contributed by atoms with E-state index in [4.69, 9.17) is 9.26 Å². The maximum absolute atomic E-state index is 5.98. The van der Waals surface area contributed by atoms with Crippen LogP contribution in [0.2, 0.25) is 0 Å². The Morgan fingerprint density at radius 2 is 1.96 bits per heavy atom. The molecule has 1 aromatic carbocycles. The molecule has 0 spiro atoms. The van der Waals surface area contributed by atoms with E-state index in [-0.39, 0.29) is 24.0 Å². The molecule has 0 aliphatic heterocycles. The zero-order valence-electron chi connectivity index (χ0n) is 16.5. The summed E-state index contributed by atoms with van der Waals surface area (Å²) in [6.45, 7) is 7.84. The molecular weight excluding hydrogens is 457 g/mol. The molecule has 8 heteroatoms. The number of aliphatic imine (C=N–C) groups is 1. The lowest BCUT2D eigenvalue weighted by molar-refractivity contribution is 0.303. The van der Waals surface area contributed by atoms with E-state index in [2.05, 4.69) is 57.8 Å². The molecule has 0 aliphatic carbocycles. The smallest absolute Gasteiger partial charge is 0.246 e. The summed E-state index contributed by atoms with van der Waals surface area (Å²) in [7, 11) is 1.73. The number of aromatic nitrogens is 2. The quantitative estimate of drug-likeness (QED) is 0.243. The van der Waals surface area contributed by atoms with Crippen molar-refractivity contribution in [2.24, 2.45) is 4.99 Å². The van der Waals surface area contributed by atoms with Crippen LogP contribution in [0, 0.1) is 13.8 Å². The molecule has 0 amide bonds. The van der Waals surface area contributed by atoms with E-state index in [9.17, 15) is 0 Å². The van der Waals surface area contributed by atoms with Crippen molar-refractivity contribution >= 4 is 29.9 Å². The number of benzene rings is 1. The van der Waals surface area contributed by atoms with Crippen molar-refractivity contribution in [3.05, 3.63) is 41.0 Å². The molecule has 0 saturated carbocycles. The number of rotatable bonds is 9. The van der Waals surface area contributed by atoms with Gasteiger partial charge in [-0.2, -0.15) is 4.98 Å². The van der Waals surface area contributed by atoms with Crippen LogP contribution in [0.1, 0.15) is 49.0 Å². The molecule has 0 atom stereocenters. The standard InChI is InChI=1S/C19H29N5O2.HI/c1-5-6-7-10-25-17-11-14(2)8-9-16(17)12-21-19(20-4)22-13-18-23-15(3)24-26-18;/h8-9,11H,5-7,10,12-13H2,1-4H3,(H2,20,21,22);1H. The highest BCUT2D eigenvalue weighted by Crippen LogP contribution is 2.20. The minimum atomic E-state index is 0. The molecule has 0 radical (unpaired) electrons. The van der Waals surface area contributed by atoms with Crippen LogP contribution < -0.4 is 15.4 Å². The van der Waals surface area contributed by atoms with E-state index in [0.717, 1.165) is 24.3 Å². The molecule has 7 nitrogen and oxygen atoms in total. The molecular formula is C19H30IN5O2. The van der Waals surface area contributed by atoms with Crippen molar-refractivity contribution in [2.45, 2.75) is 53.1 Å². The average molecular weight is 487 g/mol. The predicted octanol–water partition coefficient (Wildman–Crippen LogP) is 3.74. The van der Waals surface area contributed by atoms with Gasteiger partial charge in [0.15, 0.2) is 11.8 Å². The van der Waals surface area contributed by atoms with Crippen molar-refractivity contribution in [1.82, 2.24) is 20.8 Å². The summed E-state index contributed by atoms with van der Waals surface area (Å²) in [5.41, 5.74) is 2.29. The third-order valence-electron chi connectivity index (χ3n) is 3.87. The third kappa shape index (κ3) is 8.15. The average Bonchev–Trinajstić information content (AvgIpc) is 3.05. The van der Waals surface area contributed by atoms with Crippen molar-refractivity contribution in [1.29, 1.82) is 0 Å². The number of hydrogen-bond donors (Lipinski definition) is 2. The van der Waals surface area contributed by atoms with Crippen LogP contribution in [-0.4, -0.2) is 29.8 Å². The molecule has 0 bridgehead atoms. The number of ether oxygens (including phenoxy) is 1. The van der Waals surface area contributed by atoms with E-state index < -0.39 is 0 Å². The van der Waals surface area contributed by atoms with Crippen molar-refractivity contribution in [2.75, 3.05) is 13.7 Å². The maximum Gasteiger partial charge on any atom is 0.246 e. The minimum Gasteiger partial charge on any atom is -0.493 e. The Labute approximate surface area is 178 Å². The molecule has 27 heavy (non-hydrogen) atoms. The SMILES string of the molecule is CCCCCOc1cc(C)ccc1CNC(=NC)NCc1nc(C)no1.I. The van der Waals surface area contributed by atoms with E-state index in [1.165, 1.54) is 18.4 Å². The van der Waals surface area contributed by atoms with Gasteiger partial charge in [-0.15, -0.1) is 24.0 Å². The number of nitrogens with zero attached hydrogens (tertiary/aromatic N) is 3. The number of nitrogens with one attached hydrogen (secondary N) is 2. The number of aryl methyl sites for hydroxylation is 2. The molecule has 1 aromatic heterocycles. The summed E-state index contributed by atoms with van der Waals surface area (Å²) >= 11 is 0. The fourth-order valence-electron chi connectivity index (χ4n) is 2.45. The van der Waals surface area contributed by atoms with Gasteiger partial charge in [-0.3, -0.25) is 4.99 Å². The van der Waals surface area contributed by atoms with E-state index >= 15 is 0 Å². The van der Waals surface area contributed by atoms with Crippen LogP contribution in [0.25, 0.3) is 0 Å². The fourth-order valence-corrected chi connectivity index (χ4v) is 2.45.